The minimum atomic E-state index is -0.222. The van der Waals surface area contributed by atoms with Crippen LogP contribution in [0.25, 0.3) is 5.69 Å². The maximum atomic E-state index is 12.8. The Morgan fingerprint density at radius 3 is 2.68 bits per heavy atom. The van der Waals surface area contributed by atoms with E-state index in [0.29, 0.717) is 35.3 Å². The number of halogens is 1. The lowest BCUT2D eigenvalue weighted by atomic mass is 10.1. The lowest BCUT2D eigenvalue weighted by Crippen LogP contribution is -2.24. The number of hydrogen-bond acceptors (Lipinski definition) is 5. The Kier molecular flexibility index (Phi) is 6.21. The van der Waals surface area contributed by atoms with E-state index in [1.54, 1.807) is 37.2 Å². The lowest BCUT2D eigenvalue weighted by Gasteiger charge is -2.12. The topological polar surface area (TPSA) is 65.4 Å². The lowest BCUT2D eigenvalue weighted by molar-refractivity contribution is 0.354. The van der Waals surface area contributed by atoms with Gasteiger partial charge in [0.1, 0.15) is 0 Å². The first-order valence-electron chi connectivity index (χ1n) is 8.83. The molecular weight excluding hydrogens is 378 g/mol. The minimum Gasteiger partial charge on any atom is -0.493 e. The summed E-state index contributed by atoms with van der Waals surface area (Å²) in [6.45, 7) is 2.44. The van der Waals surface area contributed by atoms with Crippen LogP contribution < -0.4 is 20.3 Å². The fourth-order valence-corrected chi connectivity index (χ4v) is 3.11. The molecule has 0 fully saturated rings. The zero-order chi connectivity index (χ0) is 20.1. The van der Waals surface area contributed by atoms with Crippen molar-refractivity contribution in [3.8, 4) is 17.2 Å². The van der Waals surface area contributed by atoms with E-state index in [9.17, 15) is 4.79 Å². The Bertz CT molecular complexity index is 1030. The normalized spacial score (nSPS) is 10.6. The van der Waals surface area contributed by atoms with E-state index in [4.69, 9.17) is 21.1 Å². The summed E-state index contributed by atoms with van der Waals surface area (Å²) < 4.78 is 12.1. The van der Waals surface area contributed by atoms with Crippen LogP contribution in [0.3, 0.4) is 0 Å². The highest BCUT2D eigenvalue weighted by Crippen LogP contribution is 2.27. The molecule has 6 nitrogen and oxygen atoms in total. The second-order valence-electron chi connectivity index (χ2n) is 6.20. The van der Waals surface area contributed by atoms with Gasteiger partial charge in [-0.1, -0.05) is 23.7 Å². The Balaban J connectivity index is 1.76. The van der Waals surface area contributed by atoms with E-state index in [0.717, 1.165) is 16.8 Å². The SMILES string of the molecule is COc1ccc(CCNc2nccn(-c3cccc(Cl)c3C)c2=O)cc1OC. The van der Waals surface area contributed by atoms with Gasteiger partial charge in [-0.05, 0) is 48.7 Å². The molecule has 0 saturated carbocycles. The van der Waals surface area contributed by atoms with Crippen LogP contribution in [0, 0.1) is 6.92 Å². The number of hydrogen-bond donors (Lipinski definition) is 1. The molecule has 1 aromatic heterocycles. The largest absolute Gasteiger partial charge is 0.493 e. The van der Waals surface area contributed by atoms with Crippen LogP contribution >= 0.6 is 11.6 Å². The first-order chi connectivity index (χ1) is 13.5. The fraction of sp³-hybridized carbons (Fsp3) is 0.238. The Morgan fingerprint density at radius 1 is 1.14 bits per heavy atom. The molecule has 2 aromatic carbocycles. The summed E-state index contributed by atoms with van der Waals surface area (Å²) in [5.41, 5.74) is 2.42. The van der Waals surface area contributed by atoms with Gasteiger partial charge in [0.25, 0.3) is 5.56 Å². The molecule has 0 aliphatic heterocycles. The highest BCUT2D eigenvalue weighted by Gasteiger charge is 2.10. The van der Waals surface area contributed by atoms with Gasteiger partial charge < -0.3 is 14.8 Å². The Morgan fingerprint density at radius 2 is 1.93 bits per heavy atom. The molecule has 0 saturated heterocycles. The molecule has 28 heavy (non-hydrogen) atoms. The molecule has 0 aliphatic carbocycles. The number of methoxy groups -OCH3 is 2. The third-order valence-electron chi connectivity index (χ3n) is 4.49. The Hall–Kier alpha value is -2.99. The fourth-order valence-electron chi connectivity index (χ4n) is 2.94. The second-order valence-corrected chi connectivity index (χ2v) is 6.61. The molecule has 0 aliphatic rings. The van der Waals surface area contributed by atoms with Crippen molar-refractivity contribution in [1.29, 1.82) is 0 Å². The van der Waals surface area contributed by atoms with Crippen molar-refractivity contribution in [3.05, 3.63) is 75.3 Å². The number of benzene rings is 2. The van der Waals surface area contributed by atoms with Crippen LogP contribution in [0.4, 0.5) is 5.82 Å². The van der Waals surface area contributed by atoms with Crippen LogP contribution in [-0.4, -0.2) is 30.3 Å². The predicted molar refractivity (Wildman–Crippen MR) is 111 cm³/mol. The van der Waals surface area contributed by atoms with E-state index in [1.807, 2.05) is 37.3 Å². The van der Waals surface area contributed by atoms with Crippen molar-refractivity contribution in [2.75, 3.05) is 26.1 Å². The number of nitrogens with one attached hydrogen (secondary N) is 1. The van der Waals surface area contributed by atoms with Crippen molar-refractivity contribution in [3.63, 3.8) is 0 Å². The van der Waals surface area contributed by atoms with Gasteiger partial charge in [0.05, 0.1) is 19.9 Å². The molecule has 3 rings (SSSR count). The second kappa shape index (κ2) is 8.80. The van der Waals surface area contributed by atoms with Crippen LogP contribution in [0.1, 0.15) is 11.1 Å². The highest BCUT2D eigenvalue weighted by molar-refractivity contribution is 6.31. The molecular formula is C21H22ClN3O3. The van der Waals surface area contributed by atoms with E-state index in [2.05, 4.69) is 10.3 Å². The molecule has 7 heteroatoms. The molecule has 0 bridgehead atoms. The molecule has 0 atom stereocenters. The average molecular weight is 400 g/mol. The van der Waals surface area contributed by atoms with Crippen LogP contribution in [-0.2, 0) is 6.42 Å². The van der Waals surface area contributed by atoms with Gasteiger partial charge in [-0.3, -0.25) is 9.36 Å². The first-order valence-corrected chi connectivity index (χ1v) is 9.21. The summed E-state index contributed by atoms with van der Waals surface area (Å²) in [6.07, 6.45) is 3.94. The van der Waals surface area contributed by atoms with Crippen molar-refractivity contribution in [2.24, 2.45) is 0 Å². The van der Waals surface area contributed by atoms with Crippen molar-refractivity contribution >= 4 is 17.4 Å². The van der Waals surface area contributed by atoms with Gasteiger partial charge >= 0.3 is 0 Å². The third-order valence-corrected chi connectivity index (χ3v) is 4.90. The summed E-state index contributed by atoms with van der Waals surface area (Å²) >= 11 is 6.19. The van der Waals surface area contributed by atoms with E-state index in [1.165, 1.54) is 0 Å². The number of aromatic nitrogens is 2. The van der Waals surface area contributed by atoms with Crippen molar-refractivity contribution < 1.29 is 9.47 Å². The van der Waals surface area contributed by atoms with Crippen LogP contribution in [0.15, 0.2) is 53.6 Å². The van der Waals surface area contributed by atoms with E-state index in [-0.39, 0.29) is 5.56 Å². The standard InChI is InChI=1S/C21H22ClN3O3/c1-14-16(22)5-4-6-17(14)25-12-11-24-20(21(25)26)23-10-9-15-7-8-18(27-2)19(13-15)28-3/h4-8,11-13H,9-10H2,1-3H3,(H,23,24). The number of anilines is 1. The predicted octanol–water partition coefficient (Wildman–Crippen LogP) is 3.87. The van der Waals surface area contributed by atoms with Crippen LogP contribution in [0.5, 0.6) is 11.5 Å². The number of rotatable bonds is 7. The Labute approximate surface area is 168 Å². The minimum absolute atomic E-state index is 0.222. The average Bonchev–Trinajstić information content (AvgIpc) is 2.71. The smallest absolute Gasteiger partial charge is 0.297 e. The van der Waals surface area contributed by atoms with Gasteiger partial charge in [-0.15, -0.1) is 0 Å². The summed E-state index contributed by atoms with van der Waals surface area (Å²) in [5, 5.41) is 3.74. The van der Waals surface area contributed by atoms with Gasteiger partial charge in [-0.25, -0.2) is 4.98 Å². The molecule has 0 amide bonds. The highest BCUT2D eigenvalue weighted by atomic mass is 35.5. The molecule has 1 heterocycles. The molecule has 3 aromatic rings. The maximum absolute atomic E-state index is 12.8. The first kappa shape index (κ1) is 19.8. The van der Waals surface area contributed by atoms with E-state index >= 15 is 0 Å². The molecule has 0 unspecified atom stereocenters. The van der Waals surface area contributed by atoms with Crippen molar-refractivity contribution in [2.45, 2.75) is 13.3 Å². The zero-order valence-corrected chi connectivity index (χ0v) is 16.8. The van der Waals surface area contributed by atoms with Crippen LogP contribution in [0.2, 0.25) is 5.02 Å². The number of nitrogens with zero attached hydrogens (tertiary/aromatic N) is 2. The van der Waals surface area contributed by atoms with E-state index < -0.39 is 0 Å². The van der Waals surface area contributed by atoms with Gasteiger partial charge in [-0.2, -0.15) is 0 Å². The summed E-state index contributed by atoms with van der Waals surface area (Å²) in [5.74, 6) is 1.66. The van der Waals surface area contributed by atoms with Gasteiger partial charge in [0.15, 0.2) is 17.3 Å². The summed E-state index contributed by atoms with van der Waals surface area (Å²) in [6, 6.07) is 11.2. The maximum Gasteiger partial charge on any atom is 0.297 e. The molecule has 1 N–H and O–H groups in total. The molecule has 146 valence electrons. The molecule has 0 spiro atoms. The third kappa shape index (κ3) is 4.12. The number of ether oxygens (including phenoxy) is 2. The summed E-state index contributed by atoms with van der Waals surface area (Å²) in [4.78, 5) is 17.0. The summed E-state index contributed by atoms with van der Waals surface area (Å²) in [7, 11) is 3.21. The zero-order valence-electron chi connectivity index (χ0n) is 16.0. The van der Waals surface area contributed by atoms with Gasteiger partial charge in [0, 0.05) is 24.0 Å². The monoisotopic (exact) mass is 399 g/mol. The van der Waals surface area contributed by atoms with Gasteiger partial charge in [0.2, 0.25) is 0 Å². The quantitative estimate of drug-likeness (QED) is 0.653. The van der Waals surface area contributed by atoms with Crippen molar-refractivity contribution in [1.82, 2.24) is 9.55 Å². The molecule has 0 radical (unpaired) electrons.